The molecule has 4 aromatic heterocycles. The van der Waals surface area contributed by atoms with Gasteiger partial charge in [-0.3, -0.25) is 15.1 Å². The largest absolute Gasteiger partial charge is 0.477 e. The minimum absolute atomic E-state index is 0.0810. The number of aromatic carboxylic acids is 1. The number of nitrogen functional groups attached to an aromatic ring is 1. The van der Waals surface area contributed by atoms with Gasteiger partial charge in [-0.05, 0) is 24.3 Å². The second-order valence-corrected chi connectivity index (χ2v) is 9.78. The van der Waals surface area contributed by atoms with Crippen LogP contribution in [0.3, 0.4) is 0 Å². The van der Waals surface area contributed by atoms with E-state index in [4.69, 9.17) is 10.8 Å². The van der Waals surface area contributed by atoms with Crippen LogP contribution < -0.4 is 11.1 Å². The molecular formula is C30H24N6O3S2. The first-order chi connectivity index (χ1) is 20.0. The van der Waals surface area contributed by atoms with E-state index in [1.807, 2.05) is 71.4 Å². The number of carbonyl (C=O) groups is 2. The van der Waals surface area contributed by atoms with Crippen LogP contribution in [0.25, 0.3) is 22.5 Å². The molecule has 0 aliphatic carbocycles. The Morgan fingerprint density at radius 1 is 0.659 bits per heavy atom. The number of rotatable bonds is 5. The lowest BCUT2D eigenvalue weighted by atomic mass is 10.2. The van der Waals surface area contributed by atoms with Crippen molar-refractivity contribution in [1.29, 1.82) is 0 Å². The van der Waals surface area contributed by atoms with Crippen LogP contribution >= 0.6 is 22.7 Å². The van der Waals surface area contributed by atoms with Crippen LogP contribution in [-0.2, 0) is 0 Å². The highest BCUT2D eigenvalue weighted by molar-refractivity contribution is 7.14. The van der Waals surface area contributed by atoms with E-state index in [9.17, 15) is 9.59 Å². The first-order valence-corrected chi connectivity index (χ1v) is 13.9. The molecule has 204 valence electrons. The number of nitrogens with two attached hydrogens (primary N) is 1. The van der Waals surface area contributed by atoms with Gasteiger partial charge in [0.1, 0.15) is 11.4 Å². The molecule has 0 bridgehead atoms. The molecule has 0 fully saturated rings. The fourth-order valence-electron chi connectivity index (χ4n) is 3.25. The number of carboxylic acid groups (broad SMARTS) is 1. The van der Waals surface area contributed by atoms with E-state index in [1.54, 1.807) is 36.5 Å². The molecule has 6 rings (SSSR count). The lowest BCUT2D eigenvalue weighted by molar-refractivity contribution is 0.0690. The number of pyridine rings is 2. The predicted molar refractivity (Wildman–Crippen MR) is 163 cm³/mol. The van der Waals surface area contributed by atoms with Crippen molar-refractivity contribution < 1.29 is 14.7 Å². The van der Waals surface area contributed by atoms with E-state index in [0.29, 0.717) is 16.0 Å². The third kappa shape index (κ3) is 8.88. The van der Waals surface area contributed by atoms with Crippen molar-refractivity contribution in [3.05, 3.63) is 132 Å². The molecule has 0 saturated carbocycles. The van der Waals surface area contributed by atoms with E-state index in [1.165, 1.54) is 34.9 Å². The van der Waals surface area contributed by atoms with Crippen molar-refractivity contribution in [1.82, 2.24) is 19.9 Å². The minimum atomic E-state index is -0.990. The molecule has 4 heterocycles. The molecule has 0 spiro atoms. The van der Waals surface area contributed by atoms with Crippen molar-refractivity contribution in [3.63, 3.8) is 0 Å². The molecule has 2 aromatic carbocycles. The Kier molecular flexibility index (Phi) is 10.4. The maximum atomic E-state index is 12.0. The van der Waals surface area contributed by atoms with Gasteiger partial charge in [0.25, 0.3) is 5.91 Å². The third-order valence-corrected chi connectivity index (χ3v) is 6.60. The number of nitrogens with one attached hydrogen (secondary N) is 1. The Morgan fingerprint density at radius 3 is 1.63 bits per heavy atom. The number of hydrogen-bond donors (Lipinski definition) is 3. The summed E-state index contributed by atoms with van der Waals surface area (Å²) in [5, 5.41) is 16.1. The summed E-state index contributed by atoms with van der Waals surface area (Å²) in [5.41, 5.74) is 9.94. The topological polar surface area (TPSA) is 144 Å². The standard InChI is InChI=1S/C15H11N3OS.C9H8N2S.C6H5NO2/c19-14(12-8-4-5-9-16-12)18-15-17-13(10-20-15)11-6-2-1-3-7-11;10-9-11-8(6-12-9)7-4-2-1-3-5-7;8-6(9)5-3-1-2-4-7-5/h1-10H,(H,17,18,19);1-6H,(H2,10,11);1-4H,(H,8,9). The van der Waals surface area contributed by atoms with Crippen LogP contribution in [0, 0.1) is 0 Å². The average molecular weight is 581 g/mol. The third-order valence-electron chi connectivity index (χ3n) is 5.17. The second kappa shape index (κ2) is 14.8. The number of amides is 1. The molecule has 0 aliphatic heterocycles. The molecule has 9 nitrogen and oxygen atoms in total. The highest BCUT2D eigenvalue weighted by atomic mass is 32.1. The van der Waals surface area contributed by atoms with Crippen molar-refractivity contribution in [2.24, 2.45) is 0 Å². The van der Waals surface area contributed by atoms with Gasteiger partial charge in [0, 0.05) is 34.3 Å². The number of carboxylic acids is 1. The van der Waals surface area contributed by atoms with Gasteiger partial charge in [-0.2, -0.15) is 0 Å². The lowest BCUT2D eigenvalue weighted by Crippen LogP contribution is -2.13. The summed E-state index contributed by atoms with van der Waals surface area (Å²) in [7, 11) is 0. The molecule has 0 saturated heterocycles. The molecule has 6 aromatic rings. The van der Waals surface area contributed by atoms with Crippen molar-refractivity contribution >= 4 is 44.8 Å². The molecule has 4 N–H and O–H groups in total. The van der Waals surface area contributed by atoms with Crippen LogP contribution in [0.5, 0.6) is 0 Å². The highest BCUT2D eigenvalue weighted by Crippen LogP contribution is 2.25. The number of aromatic nitrogens is 4. The normalized spacial score (nSPS) is 9.85. The summed E-state index contributed by atoms with van der Waals surface area (Å²) in [4.78, 5) is 38.3. The van der Waals surface area contributed by atoms with Crippen molar-refractivity contribution in [2.45, 2.75) is 0 Å². The van der Waals surface area contributed by atoms with Gasteiger partial charge in [-0.1, -0.05) is 72.8 Å². The van der Waals surface area contributed by atoms with Crippen LogP contribution in [0.4, 0.5) is 10.3 Å². The summed E-state index contributed by atoms with van der Waals surface area (Å²) in [6, 6.07) is 29.8. The zero-order chi connectivity index (χ0) is 28.9. The van der Waals surface area contributed by atoms with Crippen LogP contribution in [0.2, 0.25) is 0 Å². The van der Waals surface area contributed by atoms with Crippen molar-refractivity contribution in [3.8, 4) is 22.5 Å². The van der Waals surface area contributed by atoms with Crippen molar-refractivity contribution in [2.75, 3.05) is 11.1 Å². The molecule has 0 unspecified atom stereocenters. The minimum Gasteiger partial charge on any atom is -0.477 e. The van der Waals surface area contributed by atoms with Crippen LogP contribution in [0.1, 0.15) is 21.0 Å². The Hall–Kier alpha value is -5.26. The zero-order valence-corrected chi connectivity index (χ0v) is 23.1. The number of nitrogens with zero attached hydrogens (tertiary/aromatic N) is 4. The number of carbonyl (C=O) groups excluding carboxylic acids is 1. The van der Waals surface area contributed by atoms with Gasteiger partial charge in [0.2, 0.25) is 0 Å². The van der Waals surface area contributed by atoms with Gasteiger partial charge in [0.05, 0.1) is 11.4 Å². The molecule has 0 atom stereocenters. The quantitative estimate of drug-likeness (QED) is 0.206. The molecule has 11 heteroatoms. The maximum absolute atomic E-state index is 12.0. The Balaban J connectivity index is 0.000000156. The maximum Gasteiger partial charge on any atom is 0.354 e. The fourth-order valence-corrected chi connectivity index (χ4v) is 4.54. The predicted octanol–water partition coefficient (Wildman–Crippen LogP) is 6.63. The summed E-state index contributed by atoms with van der Waals surface area (Å²) in [5.74, 6) is -1.24. The fraction of sp³-hybridized carbons (Fsp3) is 0. The summed E-state index contributed by atoms with van der Waals surface area (Å²) < 4.78 is 0. The monoisotopic (exact) mass is 580 g/mol. The van der Waals surface area contributed by atoms with Gasteiger partial charge in [-0.15, -0.1) is 22.7 Å². The summed E-state index contributed by atoms with van der Waals surface area (Å²) >= 11 is 2.86. The van der Waals surface area contributed by atoms with E-state index < -0.39 is 5.97 Å². The van der Waals surface area contributed by atoms with Crippen LogP contribution in [0.15, 0.2) is 120 Å². The first kappa shape index (κ1) is 28.7. The molecule has 1 amide bonds. The SMILES string of the molecule is Nc1nc(-c2ccccc2)cs1.O=C(Nc1nc(-c2ccccc2)cs1)c1ccccn1.O=C(O)c1ccccn1. The molecule has 0 radical (unpaired) electrons. The lowest BCUT2D eigenvalue weighted by Gasteiger charge is -2.00. The number of anilines is 2. The Bertz CT molecular complexity index is 1660. The van der Waals surface area contributed by atoms with Gasteiger partial charge >= 0.3 is 5.97 Å². The number of hydrogen-bond acceptors (Lipinski definition) is 9. The average Bonchev–Trinajstić information content (AvgIpc) is 3.69. The van der Waals surface area contributed by atoms with Crippen LogP contribution in [-0.4, -0.2) is 36.9 Å². The Morgan fingerprint density at radius 2 is 1.17 bits per heavy atom. The number of thiazole rings is 2. The van der Waals surface area contributed by atoms with E-state index in [-0.39, 0.29) is 11.6 Å². The van der Waals surface area contributed by atoms with E-state index in [0.717, 1.165) is 22.5 Å². The van der Waals surface area contributed by atoms with E-state index in [2.05, 4.69) is 25.3 Å². The highest BCUT2D eigenvalue weighted by Gasteiger charge is 2.10. The molecule has 41 heavy (non-hydrogen) atoms. The summed E-state index contributed by atoms with van der Waals surface area (Å²) in [6.45, 7) is 0. The zero-order valence-electron chi connectivity index (χ0n) is 21.5. The summed E-state index contributed by atoms with van der Waals surface area (Å²) in [6.07, 6.45) is 3.04. The smallest absolute Gasteiger partial charge is 0.354 e. The Labute approximate surface area is 244 Å². The van der Waals surface area contributed by atoms with Gasteiger partial charge in [0.15, 0.2) is 10.3 Å². The first-order valence-electron chi connectivity index (χ1n) is 12.1. The van der Waals surface area contributed by atoms with Gasteiger partial charge < -0.3 is 10.8 Å². The molecule has 0 aliphatic rings. The number of benzene rings is 2. The van der Waals surface area contributed by atoms with E-state index >= 15 is 0 Å². The van der Waals surface area contributed by atoms with Gasteiger partial charge in [-0.25, -0.2) is 19.7 Å². The second-order valence-electron chi connectivity index (χ2n) is 8.03. The molecular weight excluding hydrogens is 557 g/mol.